The second-order valence-corrected chi connectivity index (χ2v) is 7.12. The minimum absolute atomic E-state index is 0.369. The predicted octanol–water partition coefficient (Wildman–Crippen LogP) is 7.13. The van der Waals surface area contributed by atoms with Crippen LogP contribution >= 0.6 is 0 Å². The summed E-state index contributed by atoms with van der Waals surface area (Å²) in [6, 6.07) is 0. The maximum atomic E-state index is 5.29. The number of nitrogens with two attached hydrogens (primary N) is 1. The van der Waals surface area contributed by atoms with E-state index in [1.165, 1.54) is 103 Å². The van der Waals surface area contributed by atoms with Gasteiger partial charge in [-0.2, -0.15) is 0 Å². The molecule has 0 bridgehead atoms. The highest BCUT2D eigenvalue weighted by molar-refractivity contribution is 5.01. The Bertz CT molecular complexity index is 253. The molecule has 2 nitrogen and oxygen atoms in total. The molecule has 0 fully saturated rings. The highest BCUT2D eigenvalue weighted by Crippen LogP contribution is 2.17. The van der Waals surface area contributed by atoms with Crippen LogP contribution in [0.2, 0.25) is 0 Å². The lowest BCUT2D eigenvalue weighted by Crippen LogP contribution is -2.05. The molecule has 0 atom stereocenters. The first kappa shape index (κ1) is 23.7. The van der Waals surface area contributed by atoms with Crippen LogP contribution in [0, 0.1) is 0 Å². The van der Waals surface area contributed by atoms with E-state index in [4.69, 9.17) is 10.5 Å². The lowest BCUT2D eigenvalue weighted by molar-refractivity contribution is 0.136. The highest BCUT2D eigenvalue weighted by atomic mass is 16.5. The molecule has 0 saturated carbocycles. The second kappa shape index (κ2) is 20.7. The van der Waals surface area contributed by atoms with Crippen molar-refractivity contribution in [3.05, 3.63) is 11.6 Å². The van der Waals surface area contributed by atoms with Gasteiger partial charge < -0.3 is 10.5 Å². The number of rotatable bonds is 19. The molecule has 0 aliphatic rings. The summed E-state index contributed by atoms with van der Waals surface area (Å²) < 4.78 is 5.15. The van der Waals surface area contributed by atoms with Crippen LogP contribution in [0.3, 0.4) is 0 Å². The molecule has 0 aromatic rings. The topological polar surface area (TPSA) is 35.2 Å². The van der Waals surface area contributed by atoms with Crippen molar-refractivity contribution in [3.8, 4) is 0 Å². The van der Waals surface area contributed by atoms with Crippen molar-refractivity contribution in [2.45, 2.75) is 117 Å². The summed E-state index contributed by atoms with van der Waals surface area (Å²) >= 11 is 0. The Morgan fingerprint density at radius 3 is 1.71 bits per heavy atom. The van der Waals surface area contributed by atoms with E-state index in [2.05, 4.69) is 19.9 Å². The lowest BCUT2D eigenvalue weighted by Gasteiger charge is -2.07. The van der Waals surface area contributed by atoms with Crippen LogP contribution < -0.4 is 5.73 Å². The Balaban J connectivity index is 3.41. The zero-order valence-electron chi connectivity index (χ0n) is 16.8. The molecule has 0 saturated heterocycles. The van der Waals surface area contributed by atoms with Gasteiger partial charge in [0, 0.05) is 6.61 Å². The predicted molar refractivity (Wildman–Crippen MR) is 108 cm³/mol. The fourth-order valence-electron chi connectivity index (χ4n) is 3.11. The first-order valence-electron chi connectivity index (χ1n) is 10.8. The summed E-state index contributed by atoms with van der Waals surface area (Å²) in [4.78, 5) is 0. The molecule has 0 aromatic carbocycles. The lowest BCUT2D eigenvalue weighted by atomic mass is 10.00. The zero-order chi connectivity index (χ0) is 17.7. The van der Waals surface area contributed by atoms with Crippen molar-refractivity contribution in [3.63, 3.8) is 0 Å². The van der Waals surface area contributed by atoms with Crippen molar-refractivity contribution in [2.24, 2.45) is 5.73 Å². The average molecular weight is 340 g/mol. The quantitative estimate of drug-likeness (QED) is 0.154. The molecule has 0 aromatic heterocycles. The first-order chi connectivity index (χ1) is 11.8. The van der Waals surface area contributed by atoms with Gasteiger partial charge in [-0.05, 0) is 44.9 Å². The number of hydrogen-bond donors (Lipinski definition) is 1. The Morgan fingerprint density at radius 1 is 0.708 bits per heavy atom. The van der Waals surface area contributed by atoms with Gasteiger partial charge in [-0.15, -0.1) is 0 Å². The van der Waals surface area contributed by atoms with E-state index in [0.717, 1.165) is 6.61 Å². The standard InChI is InChI=1S/C22H45NO/c1-3-5-17-22(18-6-4-2)19-15-13-11-9-7-8-10-12-14-16-20-24-21-23/h19H,3-18,20-21,23H2,1-2H3. The molecule has 0 heterocycles. The third-order valence-corrected chi connectivity index (χ3v) is 4.75. The molecule has 0 radical (unpaired) electrons. The zero-order valence-corrected chi connectivity index (χ0v) is 16.8. The van der Waals surface area contributed by atoms with E-state index in [1.807, 2.05) is 0 Å². The molecular weight excluding hydrogens is 294 g/mol. The second-order valence-electron chi connectivity index (χ2n) is 7.12. The van der Waals surface area contributed by atoms with Crippen LogP contribution in [0.1, 0.15) is 117 Å². The third kappa shape index (κ3) is 18.0. The van der Waals surface area contributed by atoms with Crippen LogP contribution in [0.4, 0.5) is 0 Å². The van der Waals surface area contributed by atoms with Gasteiger partial charge in [0.25, 0.3) is 0 Å². The van der Waals surface area contributed by atoms with Gasteiger partial charge in [0.05, 0.1) is 6.73 Å². The largest absolute Gasteiger partial charge is 0.367 e. The first-order valence-corrected chi connectivity index (χ1v) is 10.8. The summed E-state index contributed by atoms with van der Waals surface area (Å²) in [5.41, 5.74) is 7.03. The van der Waals surface area contributed by atoms with Gasteiger partial charge >= 0.3 is 0 Å². The number of allylic oxidation sites excluding steroid dienone is 2. The van der Waals surface area contributed by atoms with Crippen molar-refractivity contribution in [2.75, 3.05) is 13.3 Å². The Labute approximate surface area is 152 Å². The van der Waals surface area contributed by atoms with Crippen molar-refractivity contribution < 1.29 is 4.74 Å². The summed E-state index contributed by atoms with van der Waals surface area (Å²) in [5, 5.41) is 0. The van der Waals surface area contributed by atoms with E-state index < -0.39 is 0 Å². The maximum absolute atomic E-state index is 5.29. The average Bonchev–Trinajstić information content (AvgIpc) is 2.60. The molecule has 0 rings (SSSR count). The smallest absolute Gasteiger partial charge is 0.0940 e. The molecule has 2 N–H and O–H groups in total. The van der Waals surface area contributed by atoms with Crippen LogP contribution in [0.15, 0.2) is 11.6 Å². The Kier molecular flexibility index (Phi) is 20.4. The molecule has 24 heavy (non-hydrogen) atoms. The van der Waals surface area contributed by atoms with Gasteiger partial charge in [-0.25, -0.2) is 0 Å². The number of ether oxygens (including phenoxy) is 1. The van der Waals surface area contributed by atoms with Gasteiger partial charge in [0.1, 0.15) is 0 Å². The molecule has 0 amide bonds. The minimum atomic E-state index is 0.369. The van der Waals surface area contributed by atoms with Gasteiger partial charge in [-0.1, -0.05) is 83.3 Å². The molecule has 0 spiro atoms. The summed E-state index contributed by atoms with van der Waals surface area (Å²) in [6.45, 7) is 5.80. The van der Waals surface area contributed by atoms with Gasteiger partial charge in [0.2, 0.25) is 0 Å². The molecule has 144 valence electrons. The van der Waals surface area contributed by atoms with E-state index in [1.54, 1.807) is 5.57 Å². The fraction of sp³-hybridized carbons (Fsp3) is 0.909. The number of hydrogen-bond acceptors (Lipinski definition) is 2. The van der Waals surface area contributed by atoms with Crippen LogP contribution in [-0.4, -0.2) is 13.3 Å². The van der Waals surface area contributed by atoms with E-state index in [-0.39, 0.29) is 0 Å². The monoisotopic (exact) mass is 339 g/mol. The van der Waals surface area contributed by atoms with Crippen LogP contribution in [-0.2, 0) is 4.74 Å². The molecule has 0 unspecified atom stereocenters. The maximum Gasteiger partial charge on any atom is 0.0940 e. The molecule has 0 aliphatic carbocycles. The van der Waals surface area contributed by atoms with Gasteiger partial charge in [-0.3, -0.25) is 0 Å². The molecular formula is C22H45NO. The van der Waals surface area contributed by atoms with Gasteiger partial charge in [0.15, 0.2) is 0 Å². The Hall–Kier alpha value is -0.340. The van der Waals surface area contributed by atoms with E-state index in [0.29, 0.717) is 6.73 Å². The summed E-state index contributed by atoms with van der Waals surface area (Å²) in [5.74, 6) is 0. The summed E-state index contributed by atoms with van der Waals surface area (Å²) in [6.07, 6.45) is 24.2. The van der Waals surface area contributed by atoms with E-state index >= 15 is 0 Å². The summed E-state index contributed by atoms with van der Waals surface area (Å²) in [7, 11) is 0. The molecule has 0 aliphatic heterocycles. The van der Waals surface area contributed by atoms with Crippen molar-refractivity contribution >= 4 is 0 Å². The fourth-order valence-corrected chi connectivity index (χ4v) is 3.11. The Morgan fingerprint density at radius 2 is 1.21 bits per heavy atom. The molecule has 2 heteroatoms. The van der Waals surface area contributed by atoms with E-state index in [9.17, 15) is 0 Å². The normalized spacial score (nSPS) is 11.0. The third-order valence-electron chi connectivity index (χ3n) is 4.75. The van der Waals surface area contributed by atoms with Crippen molar-refractivity contribution in [1.82, 2.24) is 0 Å². The number of unbranched alkanes of at least 4 members (excludes halogenated alkanes) is 11. The van der Waals surface area contributed by atoms with Crippen molar-refractivity contribution in [1.29, 1.82) is 0 Å². The minimum Gasteiger partial charge on any atom is -0.367 e. The van der Waals surface area contributed by atoms with Crippen LogP contribution in [0.5, 0.6) is 0 Å². The highest BCUT2D eigenvalue weighted by Gasteiger charge is 1.97. The van der Waals surface area contributed by atoms with Crippen LogP contribution in [0.25, 0.3) is 0 Å². The SMILES string of the molecule is CCCCC(=CCCCCCCCCCCCOCN)CCCC.